The highest BCUT2D eigenvalue weighted by Gasteiger charge is 2.30. The van der Waals surface area contributed by atoms with Crippen LogP contribution in [-0.4, -0.2) is 41.0 Å². The van der Waals surface area contributed by atoms with Crippen LogP contribution in [-0.2, 0) is 9.59 Å². The number of halogens is 2. The van der Waals surface area contributed by atoms with Crippen molar-refractivity contribution in [3.63, 3.8) is 0 Å². The number of carboxylic acids is 1. The Hall–Kier alpha value is -1.66. The maximum atomic E-state index is 13.6. The second-order valence-corrected chi connectivity index (χ2v) is 5.45. The van der Waals surface area contributed by atoms with E-state index in [0.29, 0.717) is 6.54 Å². The molecule has 1 saturated carbocycles. The summed E-state index contributed by atoms with van der Waals surface area (Å²) in [6.07, 6.45) is 1.91. The van der Waals surface area contributed by atoms with E-state index in [1.807, 2.05) is 4.90 Å². The molecule has 0 unspecified atom stereocenters. The summed E-state index contributed by atoms with van der Waals surface area (Å²) < 4.78 is 13.6. The highest BCUT2D eigenvalue weighted by atomic mass is 35.5. The van der Waals surface area contributed by atoms with Crippen molar-refractivity contribution in [2.75, 3.05) is 18.4 Å². The van der Waals surface area contributed by atoms with Gasteiger partial charge < -0.3 is 10.4 Å². The second-order valence-electron chi connectivity index (χ2n) is 5.02. The second kappa shape index (κ2) is 6.87. The van der Waals surface area contributed by atoms with Crippen molar-refractivity contribution in [2.24, 2.45) is 0 Å². The monoisotopic (exact) mass is 314 g/mol. The number of anilines is 1. The first-order valence-electron chi connectivity index (χ1n) is 6.66. The third kappa shape index (κ3) is 4.99. The molecule has 7 heteroatoms. The summed E-state index contributed by atoms with van der Waals surface area (Å²) in [5.41, 5.74) is 0.0679. The van der Waals surface area contributed by atoms with Crippen molar-refractivity contribution in [2.45, 2.75) is 25.3 Å². The van der Waals surface area contributed by atoms with Crippen LogP contribution >= 0.6 is 11.6 Å². The maximum absolute atomic E-state index is 13.6. The molecule has 0 aromatic heterocycles. The number of rotatable bonds is 7. The number of carbonyl (C=O) groups excluding carboxylic acids is 1. The highest BCUT2D eigenvalue weighted by Crippen LogP contribution is 2.27. The van der Waals surface area contributed by atoms with Crippen LogP contribution in [0.2, 0.25) is 5.02 Å². The first-order valence-corrected chi connectivity index (χ1v) is 7.04. The van der Waals surface area contributed by atoms with Gasteiger partial charge in [-0.3, -0.25) is 14.5 Å². The van der Waals surface area contributed by atoms with Crippen LogP contribution in [0.15, 0.2) is 18.2 Å². The third-order valence-electron chi connectivity index (χ3n) is 3.23. The van der Waals surface area contributed by atoms with Gasteiger partial charge in [-0.15, -0.1) is 0 Å². The van der Waals surface area contributed by atoms with Crippen LogP contribution in [0.5, 0.6) is 0 Å². The quantitative estimate of drug-likeness (QED) is 0.810. The Morgan fingerprint density at radius 3 is 2.71 bits per heavy atom. The van der Waals surface area contributed by atoms with E-state index < -0.39 is 11.8 Å². The fourth-order valence-corrected chi connectivity index (χ4v) is 2.19. The molecule has 1 aromatic carbocycles. The fourth-order valence-electron chi connectivity index (χ4n) is 2.03. The lowest BCUT2D eigenvalue weighted by Gasteiger charge is -2.20. The number of benzene rings is 1. The molecule has 114 valence electrons. The lowest BCUT2D eigenvalue weighted by molar-refractivity contribution is -0.137. The molecule has 1 aliphatic rings. The Balaban J connectivity index is 1.91. The van der Waals surface area contributed by atoms with Gasteiger partial charge in [0.25, 0.3) is 0 Å². The molecule has 1 aliphatic carbocycles. The van der Waals surface area contributed by atoms with E-state index in [1.165, 1.54) is 12.1 Å². The van der Waals surface area contributed by atoms with Gasteiger partial charge in [0, 0.05) is 17.6 Å². The Morgan fingerprint density at radius 1 is 1.43 bits per heavy atom. The largest absolute Gasteiger partial charge is 0.481 e. The summed E-state index contributed by atoms with van der Waals surface area (Å²) in [7, 11) is 0. The smallest absolute Gasteiger partial charge is 0.304 e. The van der Waals surface area contributed by atoms with Crippen molar-refractivity contribution >= 4 is 29.2 Å². The summed E-state index contributed by atoms with van der Waals surface area (Å²) in [5, 5.41) is 11.4. The van der Waals surface area contributed by atoms with Gasteiger partial charge in [-0.05, 0) is 31.0 Å². The normalized spacial score (nSPS) is 14.2. The molecule has 21 heavy (non-hydrogen) atoms. The van der Waals surface area contributed by atoms with E-state index in [9.17, 15) is 14.0 Å². The number of aliphatic carboxylic acids is 1. The molecule has 0 spiro atoms. The summed E-state index contributed by atoms with van der Waals surface area (Å²) in [6.45, 7) is 0.372. The number of carboxylic acid groups (broad SMARTS) is 1. The average Bonchev–Trinajstić information content (AvgIpc) is 3.22. The molecular formula is C14H16ClFN2O3. The topological polar surface area (TPSA) is 69.6 Å². The summed E-state index contributed by atoms with van der Waals surface area (Å²) in [5.74, 6) is -1.86. The number of nitrogens with one attached hydrogen (secondary N) is 1. The summed E-state index contributed by atoms with van der Waals surface area (Å²) in [6, 6.07) is 4.27. The molecule has 5 nitrogen and oxygen atoms in total. The van der Waals surface area contributed by atoms with Gasteiger partial charge in [-0.25, -0.2) is 4.39 Å². The zero-order chi connectivity index (χ0) is 15.4. The van der Waals surface area contributed by atoms with Crippen LogP contribution in [0.1, 0.15) is 19.3 Å². The van der Waals surface area contributed by atoms with Gasteiger partial charge >= 0.3 is 5.97 Å². The van der Waals surface area contributed by atoms with Gasteiger partial charge in [0.15, 0.2) is 0 Å². The Morgan fingerprint density at radius 2 is 2.14 bits per heavy atom. The highest BCUT2D eigenvalue weighted by molar-refractivity contribution is 6.30. The molecule has 0 atom stereocenters. The zero-order valence-electron chi connectivity index (χ0n) is 11.3. The molecule has 1 amide bonds. The van der Waals surface area contributed by atoms with Crippen molar-refractivity contribution in [1.29, 1.82) is 0 Å². The van der Waals surface area contributed by atoms with Gasteiger partial charge in [-0.2, -0.15) is 0 Å². The molecule has 0 bridgehead atoms. The van der Waals surface area contributed by atoms with Crippen LogP contribution in [0.4, 0.5) is 10.1 Å². The first-order chi connectivity index (χ1) is 9.95. The third-order valence-corrected chi connectivity index (χ3v) is 3.46. The van der Waals surface area contributed by atoms with Crippen LogP contribution in [0, 0.1) is 5.82 Å². The SMILES string of the molecule is O=C(O)CCN(CC(=O)Nc1ccc(Cl)cc1F)C1CC1. The Kier molecular flexibility index (Phi) is 5.14. The molecular weight excluding hydrogens is 299 g/mol. The number of nitrogens with zero attached hydrogens (tertiary/aromatic N) is 1. The molecule has 0 radical (unpaired) electrons. The van der Waals surface area contributed by atoms with Crippen molar-refractivity contribution in [3.8, 4) is 0 Å². The van der Waals surface area contributed by atoms with Crippen molar-refractivity contribution < 1.29 is 19.1 Å². The number of hydrogen-bond acceptors (Lipinski definition) is 3. The first kappa shape index (κ1) is 15.7. The predicted molar refractivity (Wildman–Crippen MR) is 76.9 cm³/mol. The molecule has 1 aromatic rings. The summed E-state index contributed by atoms with van der Waals surface area (Å²) >= 11 is 5.64. The minimum absolute atomic E-state index is 0.0148. The van der Waals surface area contributed by atoms with E-state index in [1.54, 1.807) is 0 Å². The van der Waals surface area contributed by atoms with Gasteiger partial charge in [0.1, 0.15) is 5.82 Å². The van der Waals surface area contributed by atoms with Crippen LogP contribution in [0.25, 0.3) is 0 Å². The zero-order valence-corrected chi connectivity index (χ0v) is 12.1. The van der Waals surface area contributed by atoms with E-state index in [-0.39, 0.29) is 35.6 Å². The molecule has 0 heterocycles. The van der Waals surface area contributed by atoms with Gasteiger partial charge in [0.05, 0.1) is 18.7 Å². The van der Waals surface area contributed by atoms with Crippen molar-refractivity contribution in [3.05, 3.63) is 29.0 Å². The molecule has 2 N–H and O–H groups in total. The minimum atomic E-state index is -0.898. The Bertz CT molecular complexity index is 549. The number of hydrogen-bond donors (Lipinski definition) is 2. The standard InChI is InChI=1S/C14H16ClFN2O3/c15-9-1-4-12(11(16)7-9)17-13(19)8-18(10-2-3-10)6-5-14(20)21/h1,4,7,10H,2-3,5-6,8H2,(H,17,19)(H,20,21). The molecule has 1 fully saturated rings. The lowest BCUT2D eigenvalue weighted by atomic mass is 10.3. The molecule has 0 aliphatic heterocycles. The predicted octanol–water partition coefficient (Wildman–Crippen LogP) is 2.36. The average molecular weight is 315 g/mol. The number of carbonyl (C=O) groups is 2. The van der Waals surface area contributed by atoms with Crippen LogP contribution in [0.3, 0.4) is 0 Å². The van der Waals surface area contributed by atoms with Crippen molar-refractivity contribution in [1.82, 2.24) is 4.90 Å². The molecule has 2 rings (SSSR count). The van der Waals surface area contributed by atoms with E-state index in [0.717, 1.165) is 18.9 Å². The van der Waals surface area contributed by atoms with Gasteiger partial charge in [-0.1, -0.05) is 11.6 Å². The van der Waals surface area contributed by atoms with E-state index in [4.69, 9.17) is 16.7 Å². The Labute approximate surface area is 126 Å². The van der Waals surface area contributed by atoms with Crippen LogP contribution < -0.4 is 5.32 Å². The summed E-state index contributed by atoms with van der Waals surface area (Å²) in [4.78, 5) is 24.4. The minimum Gasteiger partial charge on any atom is -0.481 e. The maximum Gasteiger partial charge on any atom is 0.304 e. The fraction of sp³-hybridized carbons (Fsp3) is 0.429. The van der Waals surface area contributed by atoms with E-state index >= 15 is 0 Å². The van der Waals surface area contributed by atoms with E-state index in [2.05, 4.69) is 5.32 Å². The lowest BCUT2D eigenvalue weighted by Crippen LogP contribution is -2.36. The molecule has 0 saturated heterocycles. The number of amides is 1. The van der Waals surface area contributed by atoms with Gasteiger partial charge in [0.2, 0.25) is 5.91 Å².